The van der Waals surface area contributed by atoms with E-state index in [1.807, 2.05) is 0 Å². The molecule has 1 saturated carbocycles. The maximum absolute atomic E-state index is 10.9. The first-order chi connectivity index (χ1) is 8.25. The molecule has 0 aliphatic heterocycles. The van der Waals surface area contributed by atoms with Gasteiger partial charge in [-0.25, -0.2) is 4.79 Å². The summed E-state index contributed by atoms with van der Waals surface area (Å²) in [6.45, 7) is 0. The SMILES string of the molecule is O=c1ccc(CCCC2CCCCC2)c(Cl)o1. The van der Waals surface area contributed by atoms with Crippen molar-refractivity contribution < 1.29 is 4.42 Å². The Morgan fingerprint density at radius 1 is 1.24 bits per heavy atom. The maximum atomic E-state index is 10.9. The van der Waals surface area contributed by atoms with Crippen LogP contribution in [0, 0.1) is 5.92 Å². The van der Waals surface area contributed by atoms with Crippen LogP contribution in [0.3, 0.4) is 0 Å². The van der Waals surface area contributed by atoms with E-state index in [1.165, 1.54) is 44.6 Å². The molecule has 0 amide bonds. The van der Waals surface area contributed by atoms with Gasteiger partial charge in [0, 0.05) is 11.6 Å². The van der Waals surface area contributed by atoms with Crippen molar-refractivity contribution in [3.8, 4) is 0 Å². The van der Waals surface area contributed by atoms with Gasteiger partial charge in [-0.2, -0.15) is 0 Å². The van der Waals surface area contributed by atoms with Gasteiger partial charge in [0.2, 0.25) is 5.22 Å². The van der Waals surface area contributed by atoms with Gasteiger partial charge in [0.1, 0.15) is 0 Å². The molecule has 0 radical (unpaired) electrons. The second kappa shape index (κ2) is 6.25. The topological polar surface area (TPSA) is 30.2 Å². The molecular weight excluding hydrogens is 236 g/mol. The fourth-order valence-electron chi connectivity index (χ4n) is 2.66. The van der Waals surface area contributed by atoms with Crippen LogP contribution < -0.4 is 5.63 Å². The van der Waals surface area contributed by atoms with Crippen molar-refractivity contribution in [2.75, 3.05) is 0 Å². The third kappa shape index (κ3) is 3.88. The second-order valence-electron chi connectivity index (χ2n) is 4.95. The number of hydrogen-bond acceptors (Lipinski definition) is 2. The fourth-order valence-corrected chi connectivity index (χ4v) is 2.89. The third-order valence-electron chi connectivity index (χ3n) is 3.65. The van der Waals surface area contributed by atoms with E-state index in [9.17, 15) is 4.79 Å². The van der Waals surface area contributed by atoms with Crippen LogP contribution in [0.4, 0.5) is 0 Å². The Morgan fingerprint density at radius 2 is 2.00 bits per heavy atom. The highest BCUT2D eigenvalue weighted by molar-refractivity contribution is 6.29. The van der Waals surface area contributed by atoms with Crippen molar-refractivity contribution in [3.05, 3.63) is 33.3 Å². The van der Waals surface area contributed by atoms with Gasteiger partial charge in [-0.1, -0.05) is 38.5 Å². The van der Waals surface area contributed by atoms with Crippen LogP contribution in [0.15, 0.2) is 21.3 Å². The quantitative estimate of drug-likeness (QED) is 0.806. The zero-order valence-corrected chi connectivity index (χ0v) is 10.8. The standard InChI is InChI=1S/C14H19ClO2/c15-14-12(9-10-13(16)17-14)8-4-7-11-5-2-1-3-6-11/h9-11H,1-8H2. The van der Waals surface area contributed by atoms with Crippen molar-refractivity contribution >= 4 is 11.6 Å². The van der Waals surface area contributed by atoms with Gasteiger partial charge in [-0.05, 0) is 36.4 Å². The molecular formula is C14H19ClO2. The minimum Gasteiger partial charge on any atom is -0.411 e. The summed E-state index contributed by atoms with van der Waals surface area (Å²) in [4.78, 5) is 10.9. The van der Waals surface area contributed by atoms with Gasteiger partial charge in [0.25, 0.3) is 0 Å². The number of halogens is 1. The molecule has 2 nitrogen and oxygen atoms in total. The van der Waals surface area contributed by atoms with Gasteiger partial charge < -0.3 is 4.42 Å². The van der Waals surface area contributed by atoms with Crippen molar-refractivity contribution in [1.82, 2.24) is 0 Å². The minimum absolute atomic E-state index is 0.265. The zero-order valence-electron chi connectivity index (χ0n) is 10.1. The van der Waals surface area contributed by atoms with Gasteiger partial charge in [0.05, 0.1) is 0 Å². The summed E-state index contributed by atoms with van der Waals surface area (Å²) < 4.78 is 4.86. The monoisotopic (exact) mass is 254 g/mol. The van der Waals surface area contributed by atoms with Crippen LogP contribution in [0.2, 0.25) is 5.22 Å². The highest BCUT2D eigenvalue weighted by atomic mass is 35.5. The molecule has 1 aromatic heterocycles. The smallest absolute Gasteiger partial charge is 0.337 e. The third-order valence-corrected chi connectivity index (χ3v) is 3.97. The largest absolute Gasteiger partial charge is 0.411 e. The molecule has 1 fully saturated rings. The molecule has 0 unspecified atom stereocenters. The highest BCUT2D eigenvalue weighted by Gasteiger charge is 2.13. The molecule has 1 aliphatic carbocycles. The normalized spacial score (nSPS) is 17.2. The Kier molecular flexibility index (Phi) is 4.66. The first kappa shape index (κ1) is 12.7. The molecule has 0 bridgehead atoms. The molecule has 0 saturated heterocycles. The summed E-state index contributed by atoms with van der Waals surface area (Å²) >= 11 is 5.88. The number of hydrogen-bond donors (Lipinski definition) is 0. The maximum Gasteiger partial charge on any atom is 0.337 e. The average molecular weight is 255 g/mol. The lowest BCUT2D eigenvalue weighted by Crippen LogP contribution is -2.06. The molecule has 1 aromatic rings. The first-order valence-electron chi connectivity index (χ1n) is 6.54. The van der Waals surface area contributed by atoms with Crippen LogP contribution in [0.5, 0.6) is 0 Å². The van der Waals surface area contributed by atoms with Gasteiger partial charge in [-0.3, -0.25) is 0 Å². The number of rotatable bonds is 4. The summed E-state index contributed by atoms with van der Waals surface area (Å²) in [5.74, 6) is 0.901. The van der Waals surface area contributed by atoms with Crippen molar-refractivity contribution in [2.24, 2.45) is 5.92 Å². The molecule has 94 valence electrons. The molecule has 0 atom stereocenters. The Labute approximate surface area is 107 Å². The van der Waals surface area contributed by atoms with E-state index in [-0.39, 0.29) is 10.8 Å². The summed E-state index contributed by atoms with van der Waals surface area (Å²) in [7, 11) is 0. The molecule has 0 aromatic carbocycles. The van der Waals surface area contributed by atoms with Crippen LogP contribution in [0.1, 0.15) is 50.5 Å². The predicted octanol–water partition coefficient (Wildman–Crippen LogP) is 4.20. The Bertz CT molecular complexity index is 405. The van der Waals surface area contributed by atoms with Crippen LogP contribution in [0.25, 0.3) is 0 Å². The predicted molar refractivity (Wildman–Crippen MR) is 69.5 cm³/mol. The summed E-state index contributed by atoms with van der Waals surface area (Å²) in [5.41, 5.74) is 0.591. The van der Waals surface area contributed by atoms with Crippen LogP contribution >= 0.6 is 11.6 Å². The van der Waals surface area contributed by atoms with Crippen LogP contribution in [-0.4, -0.2) is 0 Å². The molecule has 1 heterocycles. The van der Waals surface area contributed by atoms with E-state index in [0.717, 1.165) is 24.3 Å². The van der Waals surface area contributed by atoms with E-state index < -0.39 is 0 Å². The van der Waals surface area contributed by atoms with Crippen molar-refractivity contribution in [1.29, 1.82) is 0 Å². The second-order valence-corrected chi connectivity index (χ2v) is 5.29. The lowest BCUT2D eigenvalue weighted by atomic mass is 9.85. The summed E-state index contributed by atoms with van der Waals surface area (Å²) in [6.07, 6.45) is 10.3. The van der Waals surface area contributed by atoms with E-state index in [1.54, 1.807) is 6.07 Å². The number of aryl methyl sites for hydroxylation is 1. The molecule has 17 heavy (non-hydrogen) atoms. The van der Waals surface area contributed by atoms with Crippen molar-refractivity contribution in [2.45, 2.75) is 51.4 Å². The molecule has 0 N–H and O–H groups in total. The van der Waals surface area contributed by atoms with E-state index in [2.05, 4.69) is 0 Å². The van der Waals surface area contributed by atoms with Crippen LogP contribution in [-0.2, 0) is 6.42 Å². The fraction of sp³-hybridized carbons (Fsp3) is 0.643. The molecule has 3 heteroatoms. The highest BCUT2D eigenvalue weighted by Crippen LogP contribution is 2.28. The Hall–Kier alpha value is -0.760. The summed E-state index contributed by atoms with van der Waals surface area (Å²) in [6, 6.07) is 3.23. The molecule has 1 aliphatic rings. The van der Waals surface area contributed by atoms with E-state index >= 15 is 0 Å². The van der Waals surface area contributed by atoms with Gasteiger partial charge >= 0.3 is 5.63 Å². The average Bonchev–Trinajstić information content (AvgIpc) is 2.33. The lowest BCUT2D eigenvalue weighted by molar-refractivity contribution is 0.332. The molecule has 0 spiro atoms. The van der Waals surface area contributed by atoms with Crippen molar-refractivity contribution in [3.63, 3.8) is 0 Å². The summed E-state index contributed by atoms with van der Waals surface area (Å²) in [5, 5.41) is 0.265. The van der Waals surface area contributed by atoms with Gasteiger partial charge in [0.15, 0.2) is 0 Å². The Balaban J connectivity index is 1.79. The van der Waals surface area contributed by atoms with E-state index in [4.69, 9.17) is 16.0 Å². The lowest BCUT2D eigenvalue weighted by Gasteiger charge is -2.21. The first-order valence-corrected chi connectivity index (χ1v) is 6.92. The molecule has 2 rings (SSSR count). The van der Waals surface area contributed by atoms with Gasteiger partial charge in [-0.15, -0.1) is 0 Å². The minimum atomic E-state index is -0.369. The zero-order chi connectivity index (χ0) is 12.1. The van der Waals surface area contributed by atoms with E-state index in [0.29, 0.717) is 0 Å². The Morgan fingerprint density at radius 3 is 2.71 bits per heavy atom.